The second-order valence-electron chi connectivity index (χ2n) is 5.38. The van der Waals surface area contributed by atoms with Crippen molar-refractivity contribution < 1.29 is 4.79 Å². The van der Waals surface area contributed by atoms with Gasteiger partial charge in [-0.2, -0.15) is 0 Å². The van der Waals surface area contributed by atoms with Crippen LogP contribution in [-0.4, -0.2) is 51.2 Å². The van der Waals surface area contributed by atoms with Crippen molar-refractivity contribution in [3.63, 3.8) is 0 Å². The van der Waals surface area contributed by atoms with E-state index in [9.17, 15) is 4.79 Å². The van der Waals surface area contributed by atoms with Crippen LogP contribution in [-0.2, 0) is 0 Å². The molecule has 1 N–H and O–H groups in total. The number of carbonyl (C=O) groups is 1. The van der Waals surface area contributed by atoms with Gasteiger partial charge in [0.1, 0.15) is 11.5 Å². The molecule has 0 radical (unpaired) electrons. The molecule has 9 heteroatoms. The lowest BCUT2D eigenvalue weighted by Gasteiger charge is -2.34. The second-order valence-corrected chi connectivity index (χ2v) is 7.01. The van der Waals surface area contributed by atoms with E-state index in [0.29, 0.717) is 12.2 Å². The van der Waals surface area contributed by atoms with Crippen molar-refractivity contribution in [2.45, 2.75) is 24.0 Å². The van der Waals surface area contributed by atoms with Crippen LogP contribution in [0.4, 0.5) is 5.82 Å². The summed E-state index contributed by atoms with van der Waals surface area (Å²) in [6, 6.07) is 0.0489. The Bertz CT molecular complexity index is 716. The molecule has 2 aromatic heterocycles. The largest absolute Gasteiger partial charge is 0.353 e. The average Bonchev–Trinajstić information content (AvgIpc) is 2.63. The number of piperidine rings is 1. The van der Waals surface area contributed by atoms with E-state index in [2.05, 4.69) is 46.1 Å². The van der Waals surface area contributed by atoms with Gasteiger partial charge in [-0.25, -0.2) is 15.0 Å². The molecule has 1 fully saturated rings. The van der Waals surface area contributed by atoms with Crippen molar-refractivity contribution in [3.8, 4) is 0 Å². The normalized spacial score (nSPS) is 17.6. The minimum atomic E-state index is -0.193. The third kappa shape index (κ3) is 4.02. The van der Waals surface area contributed by atoms with Crippen LogP contribution in [0.1, 0.15) is 23.3 Å². The van der Waals surface area contributed by atoms with Gasteiger partial charge >= 0.3 is 0 Å². The molecule has 1 aliphatic rings. The Morgan fingerprint density at radius 3 is 3.00 bits per heavy atom. The molecule has 0 bridgehead atoms. The summed E-state index contributed by atoms with van der Waals surface area (Å²) in [5, 5.41) is 3.77. The number of hydrogen-bond acceptors (Lipinski definition) is 7. The molecule has 3 heterocycles. The lowest BCUT2D eigenvalue weighted by Crippen LogP contribution is -2.48. The molecule has 1 amide bonds. The van der Waals surface area contributed by atoms with Crippen molar-refractivity contribution in [1.82, 2.24) is 25.3 Å². The fourth-order valence-corrected chi connectivity index (χ4v) is 3.40. The van der Waals surface area contributed by atoms with Gasteiger partial charge in [0.25, 0.3) is 5.91 Å². The lowest BCUT2D eigenvalue weighted by atomic mass is 10.1. The van der Waals surface area contributed by atoms with Crippen molar-refractivity contribution >= 4 is 39.4 Å². The van der Waals surface area contributed by atoms with Crippen LogP contribution >= 0.6 is 27.7 Å². The first-order valence-corrected chi connectivity index (χ1v) is 9.57. The van der Waals surface area contributed by atoms with Crippen LogP contribution in [0.3, 0.4) is 0 Å². The fourth-order valence-electron chi connectivity index (χ4n) is 2.63. The number of amides is 1. The minimum absolute atomic E-state index is 0.0489. The molecule has 0 saturated carbocycles. The molecule has 126 valence electrons. The predicted molar refractivity (Wildman–Crippen MR) is 96.2 cm³/mol. The fraction of sp³-hybridized carbons (Fsp3) is 0.400. The van der Waals surface area contributed by atoms with E-state index in [1.807, 2.05) is 6.26 Å². The van der Waals surface area contributed by atoms with Gasteiger partial charge in [-0.1, -0.05) is 11.8 Å². The maximum atomic E-state index is 12.3. The van der Waals surface area contributed by atoms with Crippen LogP contribution in [0.5, 0.6) is 0 Å². The Hall–Kier alpha value is -1.74. The first-order valence-electron chi connectivity index (χ1n) is 7.55. The molecule has 0 aromatic carbocycles. The number of nitrogens with one attached hydrogen (secondary N) is 1. The van der Waals surface area contributed by atoms with Crippen molar-refractivity contribution in [2.24, 2.45) is 0 Å². The van der Waals surface area contributed by atoms with E-state index in [-0.39, 0.29) is 11.9 Å². The molecule has 1 saturated heterocycles. The summed E-state index contributed by atoms with van der Waals surface area (Å²) in [6.07, 6.45) is 10.2. The van der Waals surface area contributed by atoms with Gasteiger partial charge in [0.2, 0.25) is 0 Å². The minimum Gasteiger partial charge on any atom is -0.353 e. The number of hydrogen-bond donors (Lipinski definition) is 1. The molecular weight excluding hydrogens is 392 g/mol. The molecule has 0 spiro atoms. The number of thioether (sulfide) groups is 1. The second kappa shape index (κ2) is 7.89. The Morgan fingerprint density at radius 2 is 2.25 bits per heavy atom. The maximum Gasteiger partial charge on any atom is 0.271 e. The van der Waals surface area contributed by atoms with Crippen LogP contribution in [0.2, 0.25) is 0 Å². The van der Waals surface area contributed by atoms with Crippen LogP contribution < -0.4 is 10.2 Å². The van der Waals surface area contributed by atoms with Gasteiger partial charge in [0.05, 0.1) is 10.7 Å². The van der Waals surface area contributed by atoms with Gasteiger partial charge in [-0.05, 0) is 35.0 Å². The Kier molecular flexibility index (Phi) is 5.62. The number of nitrogens with zero attached hydrogens (tertiary/aromatic N) is 5. The van der Waals surface area contributed by atoms with E-state index < -0.39 is 0 Å². The zero-order chi connectivity index (χ0) is 16.9. The first-order chi connectivity index (χ1) is 11.7. The van der Waals surface area contributed by atoms with Gasteiger partial charge in [0, 0.05) is 37.7 Å². The van der Waals surface area contributed by atoms with Gasteiger partial charge in [-0.3, -0.25) is 9.78 Å². The molecule has 1 aliphatic heterocycles. The number of halogens is 1. The zero-order valence-electron chi connectivity index (χ0n) is 13.1. The summed E-state index contributed by atoms with van der Waals surface area (Å²) >= 11 is 5.03. The highest BCUT2D eigenvalue weighted by atomic mass is 79.9. The van der Waals surface area contributed by atoms with Crippen LogP contribution in [0.25, 0.3) is 0 Å². The Labute approximate surface area is 152 Å². The quantitative estimate of drug-likeness (QED) is 0.612. The third-order valence-corrected chi connectivity index (χ3v) is 4.86. The number of rotatable bonds is 4. The molecule has 1 atom stereocenters. The zero-order valence-corrected chi connectivity index (χ0v) is 15.5. The van der Waals surface area contributed by atoms with Crippen LogP contribution in [0, 0.1) is 0 Å². The monoisotopic (exact) mass is 408 g/mol. The molecule has 0 aliphatic carbocycles. The van der Waals surface area contributed by atoms with Gasteiger partial charge in [0.15, 0.2) is 5.16 Å². The summed E-state index contributed by atoms with van der Waals surface area (Å²) in [5.74, 6) is 0.675. The molecule has 3 rings (SSSR count). The number of aromatic nitrogens is 4. The van der Waals surface area contributed by atoms with Gasteiger partial charge < -0.3 is 10.2 Å². The molecular formula is C15H17BrN6OS. The van der Waals surface area contributed by atoms with Crippen molar-refractivity contribution in [2.75, 3.05) is 24.2 Å². The Balaban J connectivity index is 1.69. The molecule has 7 nitrogen and oxygen atoms in total. The SMILES string of the molecule is CSc1ncc(Br)c(N2CCCC(NC(=O)c3cnccn3)C2)n1. The summed E-state index contributed by atoms with van der Waals surface area (Å²) in [6.45, 7) is 1.61. The first kappa shape index (κ1) is 17.1. The highest BCUT2D eigenvalue weighted by molar-refractivity contribution is 9.10. The van der Waals surface area contributed by atoms with E-state index in [0.717, 1.165) is 34.8 Å². The van der Waals surface area contributed by atoms with Gasteiger partial charge in [-0.15, -0.1) is 0 Å². The highest BCUT2D eigenvalue weighted by Crippen LogP contribution is 2.27. The standard InChI is InChI=1S/C15H17BrN6OS/c1-24-15-19-7-11(16)13(21-15)22-6-2-3-10(9-22)20-14(23)12-8-17-4-5-18-12/h4-5,7-8,10H,2-3,6,9H2,1H3,(H,20,23). The summed E-state index contributed by atoms with van der Waals surface area (Å²) in [5.41, 5.74) is 0.336. The van der Waals surface area contributed by atoms with E-state index in [1.165, 1.54) is 24.2 Å². The third-order valence-electron chi connectivity index (χ3n) is 3.74. The van der Waals surface area contributed by atoms with E-state index in [1.54, 1.807) is 12.4 Å². The van der Waals surface area contributed by atoms with Crippen LogP contribution in [0.15, 0.2) is 34.4 Å². The number of carbonyl (C=O) groups excluding carboxylic acids is 1. The maximum absolute atomic E-state index is 12.3. The molecule has 2 aromatic rings. The Morgan fingerprint density at radius 1 is 1.38 bits per heavy atom. The van der Waals surface area contributed by atoms with E-state index in [4.69, 9.17) is 0 Å². The summed E-state index contributed by atoms with van der Waals surface area (Å²) in [4.78, 5) is 31.2. The van der Waals surface area contributed by atoms with Crippen molar-refractivity contribution in [3.05, 3.63) is 35.0 Å². The number of anilines is 1. The highest BCUT2D eigenvalue weighted by Gasteiger charge is 2.24. The predicted octanol–water partition coefficient (Wildman–Crippen LogP) is 2.15. The van der Waals surface area contributed by atoms with Crippen molar-refractivity contribution in [1.29, 1.82) is 0 Å². The molecule has 1 unspecified atom stereocenters. The average molecular weight is 409 g/mol. The smallest absolute Gasteiger partial charge is 0.271 e. The summed E-state index contributed by atoms with van der Waals surface area (Å²) < 4.78 is 0.862. The molecule has 24 heavy (non-hydrogen) atoms. The lowest BCUT2D eigenvalue weighted by molar-refractivity contribution is 0.0927. The topological polar surface area (TPSA) is 83.9 Å². The van der Waals surface area contributed by atoms with E-state index >= 15 is 0 Å². The summed E-state index contributed by atoms with van der Waals surface area (Å²) in [7, 11) is 0.